The van der Waals surface area contributed by atoms with E-state index in [-0.39, 0.29) is 24.5 Å². The van der Waals surface area contributed by atoms with Crippen molar-refractivity contribution in [1.82, 2.24) is 4.98 Å². The summed E-state index contributed by atoms with van der Waals surface area (Å²) in [5, 5.41) is 12.7. The summed E-state index contributed by atoms with van der Waals surface area (Å²) in [6.07, 6.45) is 5.97. The Balaban J connectivity index is 2.07. The number of nitrogens with one attached hydrogen (secondary N) is 1. The van der Waals surface area contributed by atoms with E-state index in [4.69, 9.17) is 0 Å². The van der Waals surface area contributed by atoms with Crippen molar-refractivity contribution in [2.24, 2.45) is 5.92 Å². The molecule has 104 valence electrons. The van der Waals surface area contributed by atoms with Crippen LogP contribution in [-0.4, -0.2) is 35.8 Å². The third kappa shape index (κ3) is 3.44. The fourth-order valence-electron chi connectivity index (χ4n) is 2.56. The van der Waals surface area contributed by atoms with E-state index in [0.29, 0.717) is 11.4 Å². The minimum Gasteiger partial charge on any atom is -0.465 e. The molecule has 19 heavy (non-hydrogen) atoms. The Kier molecular flexibility index (Phi) is 4.74. The molecule has 2 atom stereocenters. The van der Waals surface area contributed by atoms with Crippen LogP contribution in [0.25, 0.3) is 0 Å². The zero-order chi connectivity index (χ0) is 13.7. The molecule has 0 bridgehead atoms. The van der Waals surface area contributed by atoms with Gasteiger partial charge in [0.25, 0.3) is 0 Å². The molecule has 2 rings (SSSR count). The number of pyridine rings is 1. The maximum atomic E-state index is 11.5. The van der Waals surface area contributed by atoms with Crippen LogP contribution in [0, 0.1) is 5.92 Å². The Morgan fingerprint density at radius 3 is 3.05 bits per heavy atom. The molecule has 0 spiro atoms. The van der Waals surface area contributed by atoms with Crippen LogP contribution in [0.1, 0.15) is 36.0 Å². The molecule has 1 saturated carbocycles. The van der Waals surface area contributed by atoms with Gasteiger partial charge in [0, 0.05) is 24.8 Å². The zero-order valence-corrected chi connectivity index (χ0v) is 11.1. The molecule has 2 N–H and O–H groups in total. The van der Waals surface area contributed by atoms with E-state index in [1.165, 1.54) is 13.5 Å². The Morgan fingerprint density at radius 1 is 1.53 bits per heavy atom. The van der Waals surface area contributed by atoms with Crippen LogP contribution in [0.2, 0.25) is 0 Å². The van der Waals surface area contributed by atoms with Gasteiger partial charge in [-0.3, -0.25) is 0 Å². The predicted octanol–water partition coefficient (Wildman–Crippen LogP) is 1.83. The molecule has 0 aromatic carbocycles. The summed E-state index contributed by atoms with van der Waals surface area (Å²) in [4.78, 5) is 15.7. The summed E-state index contributed by atoms with van der Waals surface area (Å²) in [6, 6.07) is 3.54. The van der Waals surface area contributed by atoms with Crippen LogP contribution < -0.4 is 5.32 Å². The van der Waals surface area contributed by atoms with Crippen molar-refractivity contribution < 1.29 is 14.6 Å². The van der Waals surface area contributed by atoms with Crippen molar-refractivity contribution in [3.8, 4) is 0 Å². The number of ether oxygens (including phenoxy) is 1. The normalized spacial score (nSPS) is 22.8. The largest absolute Gasteiger partial charge is 0.465 e. The van der Waals surface area contributed by atoms with E-state index in [1.807, 2.05) is 0 Å². The monoisotopic (exact) mass is 264 g/mol. The van der Waals surface area contributed by atoms with Gasteiger partial charge >= 0.3 is 5.97 Å². The molecule has 1 fully saturated rings. The zero-order valence-electron chi connectivity index (χ0n) is 11.1. The van der Waals surface area contributed by atoms with E-state index in [1.54, 1.807) is 18.3 Å². The lowest BCUT2D eigenvalue weighted by atomic mass is 9.85. The van der Waals surface area contributed by atoms with Crippen molar-refractivity contribution >= 4 is 11.8 Å². The van der Waals surface area contributed by atoms with Gasteiger partial charge in [0.05, 0.1) is 12.7 Å². The highest BCUT2D eigenvalue weighted by Crippen LogP contribution is 2.26. The van der Waals surface area contributed by atoms with Gasteiger partial charge in [0.2, 0.25) is 0 Å². The number of esters is 1. The van der Waals surface area contributed by atoms with Crippen LogP contribution in [0.15, 0.2) is 18.3 Å². The molecule has 0 aliphatic heterocycles. The van der Waals surface area contributed by atoms with Gasteiger partial charge < -0.3 is 15.2 Å². The lowest BCUT2D eigenvalue weighted by Gasteiger charge is -2.31. The number of carbonyl (C=O) groups is 1. The van der Waals surface area contributed by atoms with Gasteiger partial charge in [0.1, 0.15) is 5.82 Å². The van der Waals surface area contributed by atoms with Crippen molar-refractivity contribution in [2.45, 2.75) is 31.7 Å². The molecular formula is C14H20N2O3. The van der Waals surface area contributed by atoms with Gasteiger partial charge in [-0.25, -0.2) is 9.78 Å². The topological polar surface area (TPSA) is 71.5 Å². The maximum Gasteiger partial charge on any atom is 0.338 e. The van der Waals surface area contributed by atoms with E-state index >= 15 is 0 Å². The van der Waals surface area contributed by atoms with E-state index in [0.717, 1.165) is 19.3 Å². The van der Waals surface area contributed by atoms with Gasteiger partial charge in [-0.1, -0.05) is 12.8 Å². The van der Waals surface area contributed by atoms with Crippen molar-refractivity contribution in [3.63, 3.8) is 0 Å². The number of hydrogen-bond donors (Lipinski definition) is 2. The molecule has 1 aliphatic rings. The molecule has 5 heteroatoms. The molecule has 0 amide bonds. The minimum atomic E-state index is -0.368. The Labute approximate surface area is 113 Å². The van der Waals surface area contributed by atoms with Crippen LogP contribution in [0.3, 0.4) is 0 Å². The molecule has 1 aliphatic carbocycles. The summed E-state index contributed by atoms with van der Waals surface area (Å²) in [6.45, 7) is 0.189. The first-order chi connectivity index (χ1) is 9.24. The number of methoxy groups -OCH3 is 1. The van der Waals surface area contributed by atoms with Crippen molar-refractivity contribution in [3.05, 3.63) is 23.9 Å². The first-order valence-electron chi connectivity index (χ1n) is 6.66. The number of aliphatic hydroxyl groups excluding tert-OH is 1. The fraction of sp³-hybridized carbons (Fsp3) is 0.571. The van der Waals surface area contributed by atoms with Crippen LogP contribution in [0.4, 0.5) is 5.82 Å². The van der Waals surface area contributed by atoms with Crippen molar-refractivity contribution in [2.75, 3.05) is 19.0 Å². The Hall–Kier alpha value is -1.62. The highest BCUT2D eigenvalue weighted by molar-refractivity contribution is 5.89. The first kappa shape index (κ1) is 13.8. The number of hydrogen-bond acceptors (Lipinski definition) is 5. The second kappa shape index (κ2) is 6.52. The quantitative estimate of drug-likeness (QED) is 0.812. The average Bonchev–Trinajstić information content (AvgIpc) is 2.47. The van der Waals surface area contributed by atoms with E-state index in [2.05, 4.69) is 15.0 Å². The maximum absolute atomic E-state index is 11.5. The summed E-state index contributed by atoms with van der Waals surface area (Å²) in [5.41, 5.74) is 0.483. The molecule has 5 nitrogen and oxygen atoms in total. The molecule has 2 unspecified atom stereocenters. The predicted molar refractivity (Wildman–Crippen MR) is 72.0 cm³/mol. The minimum absolute atomic E-state index is 0.189. The van der Waals surface area contributed by atoms with Gasteiger partial charge in [-0.15, -0.1) is 0 Å². The summed E-state index contributed by atoms with van der Waals surface area (Å²) in [7, 11) is 1.36. The number of aliphatic hydroxyl groups is 1. The highest BCUT2D eigenvalue weighted by Gasteiger charge is 2.24. The molecule has 0 saturated heterocycles. The van der Waals surface area contributed by atoms with Gasteiger partial charge in [0.15, 0.2) is 0 Å². The number of rotatable bonds is 4. The standard InChI is InChI=1S/C14H20N2O3/c1-19-14(18)10-6-7-15-13(8-10)16-12-5-3-2-4-11(12)9-17/h6-8,11-12,17H,2-5,9H2,1H3,(H,15,16). The second-order valence-electron chi connectivity index (χ2n) is 4.90. The van der Waals surface area contributed by atoms with Gasteiger partial charge in [-0.2, -0.15) is 0 Å². The molecule has 1 heterocycles. The number of nitrogens with zero attached hydrogens (tertiary/aromatic N) is 1. The SMILES string of the molecule is COC(=O)c1ccnc(NC2CCCCC2CO)c1. The molecule has 1 aromatic rings. The second-order valence-corrected chi connectivity index (χ2v) is 4.90. The fourth-order valence-corrected chi connectivity index (χ4v) is 2.56. The van der Waals surface area contributed by atoms with Crippen LogP contribution in [0.5, 0.6) is 0 Å². The summed E-state index contributed by atoms with van der Waals surface area (Å²) < 4.78 is 4.69. The van der Waals surface area contributed by atoms with E-state index in [9.17, 15) is 9.90 Å². The molecule has 1 aromatic heterocycles. The number of aromatic nitrogens is 1. The number of anilines is 1. The summed E-state index contributed by atoms with van der Waals surface area (Å²) in [5.74, 6) is 0.554. The molecular weight excluding hydrogens is 244 g/mol. The van der Waals surface area contributed by atoms with Crippen LogP contribution in [-0.2, 0) is 4.74 Å². The molecule has 0 radical (unpaired) electrons. The van der Waals surface area contributed by atoms with Gasteiger partial charge in [-0.05, 0) is 25.0 Å². The average molecular weight is 264 g/mol. The third-order valence-corrected chi connectivity index (χ3v) is 3.66. The van der Waals surface area contributed by atoms with Crippen LogP contribution >= 0.6 is 0 Å². The van der Waals surface area contributed by atoms with Crippen molar-refractivity contribution in [1.29, 1.82) is 0 Å². The summed E-state index contributed by atoms with van der Waals surface area (Å²) >= 11 is 0. The Bertz CT molecular complexity index is 436. The third-order valence-electron chi connectivity index (χ3n) is 3.66. The lowest BCUT2D eigenvalue weighted by molar-refractivity contribution is 0.0600. The number of carbonyl (C=O) groups excluding carboxylic acids is 1. The highest BCUT2D eigenvalue weighted by atomic mass is 16.5. The lowest BCUT2D eigenvalue weighted by Crippen LogP contribution is -2.34. The Morgan fingerprint density at radius 2 is 2.32 bits per heavy atom. The first-order valence-corrected chi connectivity index (χ1v) is 6.66. The smallest absolute Gasteiger partial charge is 0.338 e. The van der Waals surface area contributed by atoms with E-state index < -0.39 is 0 Å².